The number of ether oxygens (including phenoxy) is 2. The van der Waals surface area contributed by atoms with E-state index >= 15 is 0 Å². The number of hydrogen-bond donors (Lipinski definition) is 1. The molecule has 2 rings (SSSR count). The Labute approximate surface area is 176 Å². The molecule has 6 heteroatoms. The van der Waals surface area contributed by atoms with Crippen LogP contribution in [0.3, 0.4) is 0 Å². The predicted molar refractivity (Wildman–Crippen MR) is 115 cm³/mol. The SMILES string of the molecule is CCOC(=O)C(C)C(=NCc1ccccc1)C(C(=O)OCc1ccccc1)=C(C)O. The van der Waals surface area contributed by atoms with E-state index in [0.717, 1.165) is 11.1 Å². The molecule has 0 aliphatic heterocycles. The molecule has 0 aliphatic rings. The number of aliphatic hydroxyl groups excluding tert-OH is 1. The fraction of sp³-hybridized carbons (Fsp3) is 0.292. The number of nitrogens with zero attached hydrogens (tertiary/aromatic N) is 1. The van der Waals surface area contributed by atoms with Crippen LogP contribution < -0.4 is 0 Å². The summed E-state index contributed by atoms with van der Waals surface area (Å²) in [4.78, 5) is 29.7. The number of hydrogen-bond acceptors (Lipinski definition) is 6. The third-order valence-corrected chi connectivity index (χ3v) is 4.36. The molecule has 0 aromatic heterocycles. The molecule has 0 saturated heterocycles. The Bertz CT molecular complexity index is 900. The van der Waals surface area contributed by atoms with Crippen molar-refractivity contribution in [3.8, 4) is 0 Å². The summed E-state index contributed by atoms with van der Waals surface area (Å²) in [6, 6.07) is 18.6. The second-order valence-corrected chi connectivity index (χ2v) is 6.68. The molecule has 0 heterocycles. The van der Waals surface area contributed by atoms with Gasteiger partial charge in [-0.05, 0) is 31.9 Å². The zero-order chi connectivity index (χ0) is 21.9. The molecule has 0 saturated carbocycles. The Hall–Kier alpha value is -3.41. The molecule has 0 fully saturated rings. The number of rotatable bonds is 9. The quantitative estimate of drug-likeness (QED) is 0.287. The molecule has 1 atom stereocenters. The summed E-state index contributed by atoms with van der Waals surface area (Å²) in [5, 5.41) is 10.3. The average Bonchev–Trinajstić information content (AvgIpc) is 2.75. The van der Waals surface area contributed by atoms with Gasteiger partial charge >= 0.3 is 11.9 Å². The van der Waals surface area contributed by atoms with Crippen molar-refractivity contribution in [3.05, 3.63) is 83.1 Å². The lowest BCUT2D eigenvalue weighted by atomic mass is 9.96. The summed E-state index contributed by atoms with van der Waals surface area (Å²) in [6.45, 7) is 5.14. The van der Waals surface area contributed by atoms with Crippen molar-refractivity contribution in [2.24, 2.45) is 10.9 Å². The topological polar surface area (TPSA) is 85.2 Å². The van der Waals surface area contributed by atoms with E-state index in [2.05, 4.69) is 4.99 Å². The number of benzene rings is 2. The van der Waals surface area contributed by atoms with Crippen molar-refractivity contribution in [2.75, 3.05) is 6.61 Å². The summed E-state index contributed by atoms with van der Waals surface area (Å²) in [5.41, 5.74) is 1.72. The van der Waals surface area contributed by atoms with Gasteiger partial charge in [-0.3, -0.25) is 9.79 Å². The summed E-state index contributed by atoms with van der Waals surface area (Å²) in [7, 11) is 0. The van der Waals surface area contributed by atoms with Crippen molar-refractivity contribution in [1.29, 1.82) is 0 Å². The van der Waals surface area contributed by atoms with Gasteiger partial charge in [-0.25, -0.2) is 4.79 Å². The highest BCUT2D eigenvalue weighted by Gasteiger charge is 2.30. The average molecular weight is 409 g/mol. The van der Waals surface area contributed by atoms with Crippen LogP contribution in [0.15, 0.2) is 77.0 Å². The largest absolute Gasteiger partial charge is 0.512 e. The molecular weight excluding hydrogens is 382 g/mol. The van der Waals surface area contributed by atoms with Crippen molar-refractivity contribution < 1.29 is 24.2 Å². The van der Waals surface area contributed by atoms with Gasteiger partial charge in [0.2, 0.25) is 0 Å². The van der Waals surface area contributed by atoms with Gasteiger partial charge in [-0.1, -0.05) is 60.7 Å². The van der Waals surface area contributed by atoms with Crippen LogP contribution in [0.25, 0.3) is 0 Å². The third-order valence-electron chi connectivity index (χ3n) is 4.36. The third kappa shape index (κ3) is 6.58. The summed E-state index contributed by atoms with van der Waals surface area (Å²) in [5.74, 6) is -2.40. The van der Waals surface area contributed by atoms with Gasteiger partial charge in [0.15, 0.2) is 0 Å². The second-order valence-electron chi connectivity index (χ2n) is 6.68. The van der Waals surface area contributed by atoms with E-state index in [0.29, 0.717) is 0 Å². The molecule has 2 aromatic carbocycles. The lowest BCUT2D eigenvalue weighted by Gasteiger charge is -2.17. The molecule has 0 amide bonds. The lowest BCUT2D eigenvalue weighted by Crippen LogP contribution is -2.29. The van der Waals surface area contributed by atoms with Gasteiger partial charge in [-0.15, -0.1) is 0 Å². The first-order chi connectivity index (χ1) is 14.4. The van der Waals surface area contributed by atoms with Crippen LogP contribution in [-0.4, -0.2) is 29.4 Å². The van der Waals surface area contributed by atoms with Crippen molar-refractivity contribution >= 4 is 17.7 Å². The molecule has 6 nitrogen and oxygen atoms in total. The normalized spacial score (nSPS) is 13.2. The van der Waals surface area contributed by atoms with Crippen molar-refractivity contribution in [2.45, 2.75) is 33.9 Å². The molecule has 2 aromatic rings. The highest BCUT2D eigenvalue weighted by atomic mass is 16.5. The van der Waals surface area contributed by atoms with E-state index in [1.165, 1.54) is 6.92 Å². The molecule has 30 heavy (non-hydrogen) atoms. The van der Waals surface area contributed by atoms with E-state index in [1.54, 1.807) is 13.8 Å². The van der Waals surface area contributed by atoms with E-state index in [9.17, 15) is 14.7 Å². The first-order valence-electron chi connectivity index (χ1n) is 9.80. The van der Waals surface area contributed by atoms with Gasteiger partial charge in [0.1, 0.15) is 17.9 Å². The fourth-order valence-electron chi connectivity index (χ4n) is 2.80. The summed E-state index contributed by atoms with van der Waals surface area (Å²) < 4.78 is 10.5. The Kier molecular flexibility index (Phi) is 8.81. The summed E-state index contributed by atoms with van der Waals surface area (Å²) >= 11 is 0. The van der Waals surface area contributed by atoms with Crippen LogP contribution in [0.5, 0.6) is 0 Å². The van der Waals surface area contributed by atoms with E-state index in [-0.39, 0.29) is 36.8 Å². The number of aliphatic imine (C=N–C) groups is 1. The second kappa shape index (κ2) is 11.6. The van der Waals surface area contributed by atoms with Crippen LogP contribution in [0.2, 0.25) is 0 Å². The minimum absolute atomic E-state index is 0.0379. The smallest absolute Gasteiger partial charge is 0.343 e. The van der Waals surface area contributed by atoms with E-state index in [4.69, 9.17) is 9.47 Å². The minimum atomic E-state index is -0.852. The van der Waals surface area contributed by atoms with Gasteiger partial charge in [0.25, 0.3) is 0 Å². The summed E-state index contributed by atoms with van der Waals surface area (Å²) in [6.07, 6.45) is 0. The first-order valence-corrected chi connectivity index (χ1v) is 9.80. The molecule has 0 bridgehead atoms. The van der Waals surface area contributed by atoms with E-state index < -0.39 is 17.9 Å². The van der Waals surface area contributed by atoms with E-state index in [1.807, 2.05) is 60.7 Å². The Morgan fingerprint density at radius 1 is 0.967 bits per heavy atom. The monoisotopic (exact) mass is 409 g/mol. The maximum Gasteiger partial charge on any atom is 0.343 e. The molecule has 0 aliphatic carbocycles. The van der Waals surface area contributed by atoms with Gasteiger partial charge in [0, 0.05) is 0 Å². The van der Waals surface area contributed by atoms with Crippen LogP contribution in [0.4, 0.5) is 0 Å². The lowest BCUT2D eigenvalue weighted by molar-refractivity contribution is -0.145. The van der Waals surface area contributed by atoms with Gasteiger partial charge in [0.05, 0.1) is 24.8 Å². The number of allylic oxidation sites excluding steroid dienone is 1. The standard InChI is InChI=1S/C24H27NO5/c1-4-29-23(27)17(2)22(25-15-19-11-7-5-8-12-19)21(18(3)26)24(28)30-16-20-13-9-6-10-14-20/h5-14,17,26H,4,15-16H2,1-3H3. The molecule has 0 spiro atoms. The first kappa shape index (κ1) is 22.9. The number of esters is 2. The predicted octanol–water partition coefficient (Wildman–Crippen LogP) is 4.40. The molecular formula is C24H27NO5. The maximum absolute atomic E-state index is 12.8. The molecule has 0 radical (unpaired) electrons. The molecule has 1 unspecified atom stereocenters. The van der Waals surface area contributed by atoms with Crippen LogP contribution in [0.1, 0.15) is 31.9 Å². The Balaban J connectivity index is 2.32. The highest BCUT2D eigenvalue weighted by molar-refractivity contribution is 6.25. The number of carbonyl (C=O) groups excluding carboxylic acids is 2. The zero-order valence-electron chi connectivity index (χ0n) is 17.5. The van der Waals surface area contributed by atoms with Crippen LogP contribution in [0, 0.1) is 5.92 Å². The fourth-order valence-corrected chi connectivity index (χ4v) is 2.80. The van der Waals surface area contributed by atoms with Crippen LogP contribution in [-0.2, 0) is 32.2 Å². The van der Waals surface area contributed by atoms with Crippen molar-refractivity contribution in [3.63, 3.8) is 0 Å². The zero-order valence-corrected chi connectivity index (χ0v) is 17.5. The van der Waals surface area contributed by atoms with Gasteiger partial charge in [-0.2, -0.15) is 0 Å². The molecule has 1 N–H and O–H groups in total. The Morgan fingerprint density at radius 2 is 1.53 bits per heavy atom. The Morgan fingerprint density at radius 3 is 2.07 bits per heavy atom. The maximum atomic E-state index is 12.8. The minimum Gasteiger partial charge on any atom is -0.512 e. The number of carbonyl (C=O) groups is 2. The van der Waals surface area contributed by atoms with Crippen LogP contribution >= 0.6 is 0 Å². The van der Waals surface area contributed by atoms with Gasteiger partial charge < -0.3 is 14.6 Å². The number of aliphatic hydroxyl groups is 1. The van der Waals surface area contributed by atoms with Crippen molar-refractivity contribution in [1.82, 2.24) is 0 Å². The molecule has 158 valence electrons. The highest BCUT2D eigenvalue weighted by Crippen LogP contribution is 2.18.